The molecule has 2 atom stereocenters. The number of nitrogens with one attached hydrogen (secondary N) is 1. The predicted octanol–water partition coefficient (Wildman–Crippen LogP) is 2.99. The average Bonchev–Trinajstić information content (AvgIpc) is 3.36. The summed E-state index contributed by atoms with van der Waals surface area (Å²) in [5, 5.41) is 1.12. The second-order valence-corrected chi connectivity index (χ2v) is 9.26. The number of fused-ring (bicyclic) bond motifs is 5. The first-order chi connectivity index (χ1) is 15.7. The molecule has 1 aliphatic carbocycles. The van der Waals surface area contributed by atoms with E-state index >= 15 is 0 Å². The van der Waals surface area contributed by atoms with Gasteiger partial charge in [-0.3, -0.25) is 9.59 Å². The number of carbonyl (C=O) groups is 2. The van der Waals surface area contributed by atoms with Crippen LogP contribution < -0.4 is 9.47 Å². The summed E-state index contributed by atoms with van der Waals surface area (Å²) >= 11 is 0. The maximum absolute atomic E-state index is 13.6. The number of carbonyl (C=O) groups excluding carboxylic acids is 2. The van der Waals surface area contributed by atoms with Crippen LogP contribution in [-0.2, 0) is 16.0 Å². The second-order valence-electron chi connectivity index (χ2n) is 9.26. The molecule has 3 aliphatic heterocycles. The third-order valence-corrected chi connectivity index (χ3v) is 7.23. The molecule has 7 nitrogen and oxygen atoms in total. The highest BCUT2D eigenvalue weighted by atomic mass is 16.7. The number of H-pyrrole nitrogens is 1. The van der Waals surface area contributed by atoms with Gasteiger partial charge in [0, 0.05) is 29.6 Å². The monoisotopic (exact) mass is 429 g/mol. The van der Waals surface area contributed by atoms with Crippen LogP contribution in [0.4, 0.5) is 0 Å². The fourth-order valence-corrected chi connectivity index (χ4v) is 5.52. The van der Waals surface area contributed by atoms with Crippen molar-refractivity contribution in [1.29, 1.82) is 0 Å². The number of nitrogens with zero attached hydrogens (tertiary/aromatic N) is 2. The largest absolute Gasteiger partial charge is 0.454 e. The van der Waals surface area contributed by atoms with Crippen LogP contribution in [0.3, 0.4) is 0 Å². The molecule has 2 aromatic carbocycles. The number of para-hydroxylation sites is 1. The molecule has 4 aliphatic rings. The van der Waals surface area contributed by atoms with E-state index in [1.807, 2.05) is 36.4 Å². The molecule has 0 spiro atoms. The van der Waals surface area contributed by atoms with Crippen LogP contribution in [0.1, 0.15) is 35.7 Å². The number of piperazine rings is 1. The Hall–Kier alpha value is -3.48. The van der Waals surface area contributed by atoms with Gasteiger partial charge in [0.2, 0.25) is 18.6 Å². The average molecular weight is 429 g/mol. The Morgan fingerprint density at radius 2 is 1.88 bits per heavy atom. The molecule has 0 bridgehead atoms. The van der Waals surface area contributed by atoms with Gasteiger partial charge in [-0.1, -0.05) is 24.3 Å². The standard InChI is InChI=1S/C25H23N3O4/c29-22-12-27(11-14-5-6-14)25(30)19-10-17-16-3-1-2-4-18(16)26-23(17)24(28(19)22)15-7-8-20-21(9-15)32-13-31-20/h1-4,7-9,14,19,24,26H,5-6,10-13H2. The van der Waals surface area contributed by atoms with Gasteiger partial charge in [-0.05, 0) is 48.1 Å². The van der Waals surface area contributed by atoms with Crippen molar-refractivity contribution in [2.75, 3.05) is 19.9 Å². The molecule has 32 heavy (non-hydrogen) atoms. The number of hydrogen-bond donors (Lipinski definition) is 1. The number of amides is 2. The first kappa shape index (κ1) is 18.1. The number of benzene rings is 2. The van der Waals surface area contributed by atoms with Gasteiger partial charge in [-0.2, -0.15) is 0 Å². The lowest BCUT2D eigenvalue weighted by atomic mass is 9.86. The van der Waals surface area contributed by atoms with E-state index in [0.717, 1.165) is 40.6 Å². The summed E-state index contributed by atoms with van der Waals surface area (Å²) in [7, 11) is 0. The molecule has 7 rings (SSSR count). The van der Waals surface area contributed by atoms with Gasteiger partial charge in [0.1, 0.15) is 6.04 Å². The predicted molar refractivity (Wildman–Crippen MR) is 116 cm³/mol. The summed E-state index contributed by atoms with van der Waals surface area (Å²) < 4.78 is 11.1. The summed E-state index contributed by atoms with van der Waals surface area (Å²) in [5.74, 6) is 2.00. The highest BCUT2D eigenvalue weighted by Crippen LogP contribution is 2.45. The molecule has 2 unspecified atom stereocenters. The summed E-state index contributed by atoms with van der Waals surface area (Å²) in [6, 6.07) is 13.1. The van der Waals surface area contributed by atoms with E-state index in [2.05, 4.69) is 11.1 Å². The molecule has 4 heterocycles. The second kappa shape index (κ2) is 6.51. The summed E-state index contributed by atoms with van der Waals surface area (Å²) in [6.45, 7) is 1.05. The van der Waals surface area contributed by atoms with Crippen molar-refractivity contribution in [2.45, 2.75) is 31.3 Å². The van der Waals surface area contributed by atoms with Crippen LogP contribution in [-0.4, -0.2) is 52.5 Å². The van der Waals surface area contributed by atoms with Crippen LogP contribution in [0.5, 0.6) is 11.5 Å². The smallest absolute Gasteiger partial charge is 0.246 e. The van der Waals surface area contributed by atoms with Crippen molar-refractivity contribution in [3.8, 4) is 11.5 Å². The third-order valence-electron chi connectivity index (χ3n) is 7.23. The zero-order chi connectivity index (χ0) is 21.4. The lowest BCUT2D eigenvalue weighted by molar-refractivity contribution is -0.158. The molecular weight excluding hydrogens is 406 g/mol. The maximum atomic E-state index is 13.6. The topological polar surface area (TPSA) is 74.9 Å². The first-order valence-corrected chi connectivity index (χ1v) is 11.3. The summed E-state index contributed by atoms with van der Waals surface area (Å²) in [5.41, 5.74) is 4.05. The van der Waals surface area contributed by atoms with Gasteiger partial charge >= 0.3 is 0 Å². The van der Waals surface area contributed by atoms with Gasteiger partial charge in [-0.25, -0.2) is 0 Å². The van der Waals surface area contributed by atoms with Crippen molar-refractivity contribution in [2.24, 2.45) is 5.92 Å². The number of ether oxygens (including phenoxy) is 2. The van der Waals surface area contributed by atoms with E-state index < -0.39 is 6.04 Å². The molecule has 0 radical (unpaired) electrons. The first-order valence-electron chi connectivity index (χ1n) is 11.3. The Morgan fingerprint density at radius 3 is 2.75 bits per heavy atom. The van der Waals surface area contributed by atoms with Crippen LogP contribution in [0, 0.1) is 5.92 Å². The highest BCUT2D eigenvalue weighted by molar-refractivity contribution is 5.97. The zero-order valence-electron chi connectivity index (χ0n) is 17.5. The number of aromatic amines is 1. The van der Waals surface area contributed by atoms with E-state index in [-0.39, 0.29) is 31.2 Å². The molecule has 7 heteroatoms. The zero-order valence-corrected chi connectivity index (χ0v) is 17.5. The lowest BCUT2D eigenvalue weighted by Crippen LogP contribution is -2.63. The van der Waals surface area contributed by atoms with Crippen molar-refractivity contribution >= 4 is 22.7 Å². The van der Waals surface area contributed by atoms with Gasteiger partial charge in [0.05, 0.1) is 12.6 Å². The molecular formula is C25H23N3O4. The highest BCUT2D eigenvalue weighted by Gasteiger charge is 2.49. The van der Waals surface area contributed by atoms with E-state index in [1.54, 1.807) is 9.80 Å². The van der Waals surface area contributed by atoms with Crippen molar-refractivity contribution in [3.63, 3.8) is 0 Å². The van der Waals surface area contributed by atoms with Crippen molar-refractivity contribution < 1.29 is 19.1 Å². The Labute approximate surface area is 184 Å². The molecule has 3 aromatic rings. The maximum Gasteiger partial charge on any atom is 0.246 e. The fourth-order valence-electron chi connectivity index (χ4n) is 5.52. The normalized spacial score (nSPS) is 24.1. The third kappa shape index (κ3) is 2.60. The quantitative estimate of drug-likeness (QED) is 0.695. The molecule has 2 amide bonds. The minimum atomic E-state index is -0.489. The van der Waals surface area contributed by atoms with Crippen molar-refractivity contribution in [1.82, 2.24) is 14.8 Å². The Kier molecular flexibility index (Phi) is 3.69. The molecule has 162 valence electrons. The molecule has 1 N–H and O–H groups in total. The number of aromatic nitrogens is 1. The minimum absolute atomic E-state index is 0.00206. The SMILES string of the molecule is O=C1C2Cc3c([nH]c4ccccc34)C(c3ccc4c(c3)OCO4)N2C(=O)CN1CC1CC1. The van der Waals surface area contributed by atoms with Gasteiger partial charge in [-0.15, -0.1) is 0 Å². The van der Waals surface area contributed by atoms with E-state index in [9.17, 15) is 9.59 Å². The molecule has 1 saturated heterocycles. The summed E-state index contributed by atoms with van der Waals surface area (Å²) in [6.07, 6.45) is 2.84. The number of rotatable bonds is 3. The Bertz CT molecular complexity index is 1280. The molecule has 1 aromatic heterocycles. The van der Waals surface area contributed by atoms with Gasteiger partial charge in [0.15, 0.2) is 11.5 Å². The molecule has 2 fully saturated rings. The van der Waals surface area contributed by atoms with Crippen LogP contribution in [0.25, 0.3) is 10.9 Å². The van der Waals surface area contributed by atoms with Crippen LogP contribution >= 0.6 is 0 Å². The fraction of sp³-hybridized carbons (Fsp3) is 0.360. The number of hydrogen-bond acceptors (Lipinski definition) is 4. The van der Waals surface area contributed by atoms with Crippen molar-refractivity contribution in [3.05, 3.63) is 59.3 Å². The van der Waals surface area contributed by atoms with Gasteiger partial charge < -0.3 is 24.3 Å². The van der Waals surface area contributed by atoms with Gasteiger partial charge in [0.25, 0.3) is 0 Å². The van der Waals surface area contributed by atoms with Crippen LogP contribution in [0.15, 0.2) is 42.5 Å². The van der Waals surface area contributed by atoms with E-state index in [4.69, 9.17) is 9.47 Å². The lowest BCUT2D eigenvalue weighted by Gasteiger charge is -2.47. The van der Waals surface area contributed by atoms with E-state index in [0.29, 0.717) is 30.4 Å². The van der Waals surface area contributed by atoms with Crippen LogP contribution in [0.2, 0.25) is 0 Å². The summed E-state index contributed by atoms with van der Waals surface area (Å²) in [4.78, 5) is 34.2. The minimum Gasteiger partial charge on any atom is -0.454 e. The molecule has 1 saturated carbocycles. The Morgan fingerprint density at radius 1 is 1.03 bits per heavy atom. The Balaban J connectivity index is 1.39. The van der Waals surface area contributed by atoms with E-state index in [1.165, 1.54) is 0 Å².